The Hall–Kier alpha value is -2.09. The summed E-state index contributed by atoms with van der Waals surface area (Å²) >= 11 is 0. The molecule has 0 radical (unpaired) electrons. The van der Waals surface area contributed by atoms with Gasteiger partial charge in [-0.3, -0.25) is 4.90 Å². The smallest absolute Gasteiger partial charge is 0.134 e. The zero-order valence-electron chi connectivity index (χ0n) is 19.1. The minimum atomic E-state index is 0.446. The normalized spacial score (nSPS) is 25.3. The van der Waals surface area contributed by atoms with Crippen LogP contribution in [0.5, 0.6) is 0 Å². The zero-order valence-corrected chi connectivity index (χ0v) is 19.1. The van der Waals surface area contributed by atoms with Gasteiger partial charge < -0.3 is 24.7 Å². The van der Waals surface area contributed by atoms with Crippen LogP contribution in [0.25, 0.3) is 11.3 Å². The number of rotatable bonds is 6. The molecule has 0 spiro atoms. The van der Waals surface area contributed by atoms with E-state index in [0.717, 1.165) is 81.4 Å². The van der Waals surface area contributed by atoms with Crippen molar-refractivity contribution in [2.24, 2.45) is 11.7 Å². The van der Waals surface area contributed by atoms with Crippen LogP contribution in [0.2, 0.25) is 0 Å². The number of pyridine rings is 1. The van der Waals surface area contributed by atoms with Gasteiger partial charge in [0.25, 0.3) is 0 Å². The molecule has 7 heteroatoms. The molecule has 1 saturated carbocycles. The second-order valence-electron chi connectivity index (χ2n) is 9.55. The molecule has 174 valence electrons. The maximum atomic E-state index is 6.07. The van der Waals surface area contributed by atoms with Gasteiger partial charge >= 0.3 is 0 Å². The average Bonchev–Trinajstić information content (AvgIpc) is 3.40. The van der Waals surface area contributed by atoms with Crippen LogP contribution in [-0.2, 0) is 4.74 Å². The highest BCUT2D eigenvalue weighted by atomic mass is 16.5. The first-order valence-corrected chi connectivity index (χ1v) is 12.4. The first-order chi connectivity index (χ1) is 15.7. The van der Waals surface area contributed by atoms with Gasteiger partial charge in [-0.1, -0.05) is 0 Å². The van der Waals surface area contributed by atoms with Gasteiger partial charge in [0, 0.05) is 50.9 Å². The number of nitrogens with zero attached hydrogens (tertiary/aromatic N) is 4. The highest BCUT2D eigenvalue weighted by Crippen LogP contribution is 2.30. The summed E-state index contributed by atoms with van der Waals surface area (Å²) in [6.07, 6.45) is 8.11. The third kappa shape index (κ3) is 5.27. The third-order valence-corrected chi connectivity index (χ3v) is 7.38. The topological polar surface area (TPSA) is 71.0 Å². The maximum Gasteiger partial charge on any atom is 0.134 e. The highest BCUT2D eigenvalue weighted by Gasteiger charge is 2.23. The largest absolute Gasteiger partial charge is 0.464 e. The summed E-state index contributed by atoms with van der Waals surface area (Å²) in [4.78, 5) is 12.5. The monoisotopic (exact) mass is 439 g/mol. The molecule has 4 heterocycles. The van der Waals surface area contributed by atoms with E-state index in [1.54, 1.807) is 6.26 Å². The van der Waals surface area contributed by atoms with Gasteiger partial charge in [-0.25, -0.2) is 4.98 Å². The Bertz CT molecular complexity index is 836. The average molecular weight is 440 g/mol. The lowest BCUT2D eigenvalue weighted by atomic mass is 9.84. The lowest BCUT2D eigenvalue weighted by Crippen LogP contribution is -2.47. The molecule has 32 heavy (non-hydrogen) atoms. The van der Waals surface area contributed by atoms with Crippen LogP contribution in [0.3, 0.4) is 0 Å². The number of nitrogens with two attached hydrogens (primary N) is 1. The second-order valence-corrected chi connectivity index (χ2v) is 9.55. The molecule has 3 aliphatic rings. The summed E-state index contributed by atoms with van der Waals surface area (Å²) in [6.45, 7) is 8.74. The van der Waals surface area contributed by atoms with E-state index in [1.807, 2.05) is 12.1 Å². The van der Waals surface area contributed by atoms with Crippen molar-refractivity contribution in [1.29, 1.82) is 0 Å². The zero-order chi connectivity index (χ0) is 21.8. The molecular formula is C25H37N5O2. The SMILES string of the molecule is N[C@H]1CC[C@H](CCN2CCN(c3cc(-c4ccco4)cc(N4CCOCC4)n3)CC2)CC1. The van der Waals surface area contributed by atoms with Crippen LogP contribution >= 0.6 is 0 Å². The molecule has 0 aromatic carbocycles. The van der Waals surface area contributed by atoms with E-state index in [-0.39, 0.29) is 0 Å². The van der Waals surface area contributed by atoms with E-state index >= 15 is 0 Å². The number of ether oxygens (including phenoxy) is 1. The van der Waals surface area contributed by atoms with Crippen molar-refractivity contribution in [1.82, 2.24) is 9.88 Å². The standard InChI is InChI=1S/C25H37N5O2/c26-22-5-3-20(4-6-22)7-8-28-9-11-29(12-10-28)24-18-21(23-2-1-15-32-23)19-25(27-24)30-13-16-31-17-14-30/h1-2,15,18-20,22H,3-14,16-17,26H2/t20-,22-. The molecule has 5 rings (SSSR count). The summed E-state index contributed by atoms with van der Waals surface area (Å²) in [6, 6.07) is 8.76. The summed E-state index contributed by atoms with van der Waals surface area (Å²) in [5.41, 5.74) is 7.17. The van der Waals surface area contributed by atoms with Crippen molar-refractivity contribution in [3.8, 4) is 11.3 Å². The van der Waals surface area contributed by atoms with Crippen LogP contribution in [0.15, 0.2) is 34.9 Å². The van der Waals surface area contributed by atoms with Crippen molar-refractivity contribution in [3.05, 3.63) is 30.5 Å². The highest BCUT2D eigenvalue weighted by molar-refractivity contribution is 5.67. The number of piperazine rings is 1. The fourth-order valence-electron chi connectivity index (χ4n) is 5.25. The second kappa shape index (κ2) is 10.2. The van der Waals surface area contributed by atoms with Gasteiger partial charge in [-0.05, 0) is 68.8 Å². The lowest BCUT2D eigenvalue weighted by molar-refractivity contribution is 0.122. The van der Waals surface area contributed by atoms with Crippen LogP contribution < -0.4 is 15.5 Å². The Balaban J connectivity index is 1.23. The van der Waals surface area contributed by atoms with E-state index < -0.39 is 0 Å². The first kappa shape index (κ1) is 21.7. The van der Waals surface area contributed by atoms with Gasteiger partial charge in [0.1, 0.15) is 17.4 Å². The quantitative estimate of drug-likeness (QED) is 0.741. The molecule has 3 fully saturated rings. The summed E-state index contributed by atoms with van der Waals surface area (Å²) in [7, 11) is 0. The number of morpholine rings is 1. The van der Waals surface area contributed by atoms with Crippen molar-refractivity contribution in [3.63, 3.8) is 0 Å². The Morgan fingerprint density at radius 1 is 0.906 bits per heavy atom. The van der Waals surface area contributed by atoms with E-state index in [4.69, 9.17) is 19.9 Å². The number of anilines is 2. The lowest BCUT2D eigenvalue weighted by Gasteiger charge is -2.37. The van der Waals surface area contributed by atoms with Gasteiger partial charge in [-0.2, -0.15) is 0 Å². The number of hydrogen-bond acceptors (Lipinski definition) is 7. The molecular weight excluding hydrogens is 402 g/mol. The molecule has 2 aromatic heterocycles. The molecule has 0 amide bonds. The van der Waals surface area contributed by atoms with Gasteiger partial charge in [0.05, 0.1) is 19.5 Å². The van der Waals surface area contributed by atoms with E-state index in [2.05, 4.69) is 26.8 Å². The van der Waals surface area contributed by atoms with E-state index in [1.165, 1.54) is 38.6 Å². The van der Waals surface area contributed by atoms with E-state index in [9.17, 15) is 0 Å². The Labute approximate surface area is 191 Å². The Morgan fingerprint density at radius 2 is 1.59 bits per heavy atom. The van der Waals surface area contributed by atoms with Gasteiger partial charge in [0.15, 0.2) is 0 Å². The van der Waals surface area contributed by atoms with Crippen LogP contribution in [0.4, 0.5) is 11.6 Å². The predicted molar refractivity (Wildman–Crippen MR) is 128 cm³/mol. The number of aromatic nitrogens is 1. The molecule has 7 nitrogen and oxygen atoms in total. The van der Waals surface area contributed by atoms with Crippen LogP contribution in [0, 0.1) is 5.92 Å². The van der Waals surface area contributed by atoms with Gasteiger partial charge in [0.2, 0.25) is 0 Å². The predicted octanol–water partition coefficient (Wildman–Crippen LogP) is 3.21. The molecule has 2 N–H and O–H groups in total. The summed E-state index contributed by atoms with van der Waals surface area (Å²) in [5.74, 6) is 3.85. The van der Waals surface area contributed by atoms with Crippen LogP contribution in [0.1, 0.15) is 32.1 Å². The third-order valence-electron chi connectivity index (χ3n) is 7.38. The first-order valence-electron chi connectivity index (χ1n) is 12.4. The van der Waals surface area contributed by atoms with Crippen molar-refractivity contribution >= 4 is 11.6 Å². The minimum Gasteiger partial charge on any atom is -0.464 e. The van der Waals surface area contributed by atoms with E-state index in [0.29, 0.717) is 6.04 Å². The Kier molecular flexibility index (Phi) is 6.95. The summed E-state index contributed by atoms with van der Waals surface area (Å²) < 4.78 is 11.3. The van der Waals surface area contributed by atoms with Crippen molar-refractivity contribution in [2.45, 2.75) is 38.1 Å². The maximum absolute atomic E-state index is 6.07. The molecule has 2 saturated heterocycles. The molecule has 2 aromatic rings. The molecule has 1 aliphatic carbocycles. The minimum absolute atomic E-state index is 0.446. The van der Waals surface area contributed by atoms with Gasteiger partial charge in [-0.15, -0.1) is 0 Å². The fourth-order valence-corrected chi connectivity index (χ4v) is 5.25. The van der Waals surface area contributed by atoms with Crippen LogP contribution in [-0.4, -0.2) is 75.0 Å². The number of hydrogen-bond donors (Lipinski definition) is 1. The summed E-state index contributed by atoms with van der Waals surface area (Å²) in [5, 5.41) is 0. The fraction of sp³-hybridized carbons (Fsp3) is 0.640. The molecule has 0 bridgehead atoms. The molecule has 2 aliphatic heterocycles. The molecule has 0 unspecified atom stereocenters. The molecule has 0 atom stereocenters. The van der Waals surface area contributed by atoms with Crippen molar-refractivity contribution < 1.29 is 9.15 Å². The van der Waals surface area contributed by atoms with Crippen molar-refractivity contribution in [2.75, 3.05) is 68.8 Å². The Morgan fingerprint density at radius 3 is 2.25 bits per heavy atom. The number of furan rings is 1.